The van der Waals surface area contributed by atoms with E-state index in [-0.39, 0.29) is 5.15 Å². The van der Waals surface area contributed by atoms with Crippen LogP contribution < -0.4 is 4.90 Å². The third kappa shape index (κ3) is 2.47. The molecule has 0 aliphatic carbocycles. The van der Waals surface area contributed by atoms with Crippen molar-refractivity contribution in [3.05, 3.63) is 17.0 Å². The van der Waals surface area contributed by atoms with Crippen molar-refractivity contribution < 1.29 is 4.79 Å². The van der Waals surface area contributed by atoms with Gasteiger partial charge in [0.05, 0.1) is 5.56 Å². The molecule has 5 nitrogen and oxygen atoms in total. The van der Waals surface area contributed by atoms with Gasteiger partial charge in [0.25, 0.3) is 0 Å². The molecule has 0 saturated carbocycles. The Kier molecular flexibility index (Phi) is 4.14. The van der Waals surface area contributed by atoms with Crippen LogP contribution in [-0.4, -0.2) is 53.4 Å². The van der Waals surface area contributed by atoms with Crippen LogP contribution in [0.1, 0.15) is 24.2 Å². The van der Waals surface area contributed by atoms with Crippen molar-refractivity contribution in [2.45, 2.75) is 19.9 Å². The highest BCUT2D eigenvalue weighted by molar-refractivity contribution is 6.32. The van der Waals surface area contributed by atoms with Crippen LogP contribution >= 0.6 is 11.6 Å². The zero-order chi connectivity index (χ0) is 13.1. The van der Waals surface area contributed by atoms with Gasteiger partial charge in [0.2, 0.25) is 0 Å². The summed E-state index contributed by atoms with van der Waals surface area (Å²) in [5, 5.41) is 0.223. The maximum Gasteiger partial charge on any atom is 0.156 e. The van der Waals surface area contributed by atoms with E-state index in [1.165, 1.54) is 6.33 Å². The summed E-state index contributed by atoms with van der Waals surface area (Å²) in [5.41, 5.74) is 0.385. The average Bonchev–Trinajstić information content (AvgIpc) is 2.38. The fourth-order valence-corrected chi connectivity index (χ4v) is 2.55. The minimum absolute atomic E-state index is 0.223. The van der Waals surface area contributed by atoms with Gasteiger partial charge >= 0.3 is 0 Å². The Balaban J connectivity index is 2.23. The first-order valence-corrected chi connectivity index (χ1v) is 6.49. The van der Waals surface area contributed by atoms with Crippen LogP contribution in [0.5, 0.6) is 0 Å². The lowest BCUT2D eigenvalue weighted by atomic mass is 10.2. The molecule has 0 amide bonds. The van der Waals surface area contributed by atoms with Gasteiger partial charge < -0.3 is 4.90 Å². The van der Waals surface area contributed by atoms with Gasteiger partial charge in [-0.2, -0.15) is 0 Å². The summed E-state index contributed by atoms with van der Waals surface area (Å²) in [6, 6.07) is 0.442. The van der Waals surface area contributed by atoms with Gasteiger partial charge in [-0.15, -0.1) is 0 Å². The molecule has 2 heterocycles. The van der Waals surface area contributed by atoms with Crippen molar-refractivity contribution in [2.75, 3.05) is 31.1 Å². The molecule has 98 valence electrons. The van der Waals surface area contributed by atoms with Gasteiger partial charge in [-0.05, 0) is 13.5 Å². The van der Waals surface area contributed by atoms with E-state index >= 15 is 0 Å². The van der Waals surface area contributed by atoms with Crippen LogP contribution in [-0.2, 0) is 0 Å². The van der Waals surface area contributed by atoms with E-state index in [9.17, 15) is 4.79 Å². The number of likely N-dealkylation sites (N-methyl/N-ethyl adjacent to an activating group) is 1. The number of anilines is 1. The lowest BCUT2D eigenvalue weighted by molar-refractivity contribution is 0.112. The van der Waals surface area contributed by atoms with E-state index in [1.54, 1.807) is 0 Å². The Hall–Kier alpha value is -1.20. The summed E-state index contributed by atoms with van der Waals surface area (Å²) < 4.78 is 0. The Labute approximate surface area is 112 Å². The number of carbonyl (C=O) groups excluding carboxylic acids is 1. The van der Waals surface area contributed by atoms with Crippen molar-refractivity contribution in [1.82, 2.24) is 14.9 Å². The van der Waals surface area contributed by atoms with E-state index in [4.69, 9.17) is 11.6 Å². The second-order valence-corrected chi connectivity index (χ2v) is 4.80. The van der Waals surface area contributed by atoms with E-state index < -0.39 is 0 Å². The van der Waals surface area contributed by atoms with Crippen molar-refractivity contribution in [1.29, 1.82) is 0 Å². The minimum atomic E-state index is 0.223. The first-order chi connectivity index (χ1) is 8.67. The van der Waals surface area contributed by atoms with Gasteiger partial charge in [0, 0.05) is 25.7 Å². The van der Waals surface area contributed by atoms with Crippen LogP contribution in [0.2, 0.25) is 5.15 Å². The third-order valence-corrected chi connectivity index (χ3v) is 3.70. The number of halogens is 1. The van der Waals surface area contributed by atoms with Gasteiger partial charge in [-0.3, -0.25) is 9.69 Å². The Bertz CT molecular complexity index is 440. The topological polar surface area (TPSA) is 49.3 Å². The second-order valence-electron chi connectivity index (χ2n) is 4.44. The number of hydrogen-bond acceptors (Lipinski definition) is 5. The third-order valence-electron chi connectivity index (χ3n) is 3.40. The molecule has 1 saturated heterocycles. The van der Waals surface area contributed by atoms with Crippen LogP contribution in [0.15, 0.2) is 6.33 Å². The fourth-order valence-electron chi connectivity index (χ4n) is 2.38. The molecule has 1 aliphatic heterocycles. The molecule has 0 radical (unpaired) electrons. The van der Waals surface area contributed by atoms with Gasteiger partial charge in [-0.25, -0.2) is 9.97 Å². The molecule has 0 spiro atoms. The second kappa shape index (κ2) is 5.63. The quantitative estimate of drug-likeness (QED) is 0.614. The number of piperazine rings is 1. The predicted octanol–water partition coefficient (Wildman–Crippen LogP) is 1.47. The monoisotopic (exact) mass is 268 g/mol. The molecular weight excluding hydrogens is 252 g/mol. The van der Waals surface area contributed by atoms with Gasteiger partial charge in [0.15, 0.2) is 6.29 Å². The van der Waals surface area contributed by atoms with Gasteiger partial charge in [-0.1, -0.05) is 18.5 Å². The number of aromatic nitrogens is 2. The molecule has 1 atom stereocenters. The summed E-state index contributed by atoms with van der Waals surface area (Å²) in [6.45, 7) is 8.05. The van der Waals surface area contributed by atoms with Crippen LogP contribution in [0.3, 0.4) is 0 Å². The molecule has 1 unspecified atom stereocenters. The molecule has 1 aromatic rings. The Morgan fingerprint density at radius 2 is 2.28 bits per heavy atom. The highest BCUT2D eigenvalue weighted by Crippen LogP contribution is 2.23. The van der Waals surface area contributed by atoms with Crippen molar-refractivity contribution in [2.24, 2.45) is 0 Å². The Morgan fingerprint density at radius 3 is 2.89 bits per heavy atom. The molecule has 0 aromatic carbocycles. The SMILES string of the molecule is CCN1CCN(c2ncnc(Cl)c2C=O)CC1C. The molecule has 2 rings (SSSR count). The summed E-state index contributed by atoms with van der Waals surface area (Å²) in [7, 11) is 0. The summed E-state index contributed by atoms with van der Waals surface area (Å²) in [5.74, 6) is 0.646. The largest absolute Gasteiger partial charge is 0.353 e. The average molecular weight is 269 g/mol. The first kappa shape index (κ1) is 13.2. The van der Waals surface area contributed by atoms with E-state index in [0.717, 1.165) is 32.5 Å². The predicted molar refractivity (Wildman–Crippen MR) is 71.4 cm³/mol. The fraction of sp³-hybridized carbons (Fsp3) is 0.583. The smallest absolute Gasteiger partial charge is 0.156 e. The molecule has 1 aliphatic rings. The summed E-state index contributed by atoms with van der Waals surface area (Å²) >= 11 is 5.92. The lowest BCUT2D eigenvalue weighted by Crippen LogP contribution is -2.52. The van der Waals surface area contributed by atoms with Crippen molar-refractivity contribution in [3.8, 4) is 0 Å². The Morgan fingerprint density at radius 1 is 1.50 bits per heavy atom. The lowest BCUT2D eigenvalue weighted by Gasteiger charge is -2.40. The zero-order valence-electron chi connectivity index (χ0n) is 10.6. The van der Waals surface area contributed by atoms with Crippen LogP contribution in [0.4, 0.5) is 5.82 Å². The minimum Gasteiger partial charge on any atom is -0.353 e. The molecule has 1 aromatic heterocycles. The first-order valence-electron chi connectivity index (χ1n) is 6.12. The van der Waals surface area contributed by atoms with Crippen LogP contribution in [0.25, 0.3) is 0 Å². The molecule has 6 heteroatoms. The molecule has 0 bridgehead atoms. The van der Waals surface area contributed by atoms with Crippen LogP contribution in [0, 0.1) is 0 Å². The molecule has 18 heavy (non-hydrogen) atoms. The number of hydrogen-bond donors (Lipinski definition) is 0. The summed E-state index contributed by atoms with van der Waals surface area (Å²) in [4.78, 5) is 23.6. The standard InChI is InChI=1S/C12H17ClN4O/c1-3-16-4-5-17(6-9(16)2)12-10(7-18)11(13)14-8-15-12/h7-9H,3-6H2,1-2H3. The molecular formula is C12H17ClN4O. The number of rotatable bonds is 3. The van der Waals surface area contributed by atoms with Gasteiger partial charge in [0.1, 0.15) is 17.3 Å². The normalized spacial score (nSPS) is 21.1. The van der Waals surface area contributed by atoms with E-state index in [0.29, 0.717) is 17.4 Å². The number of carbonyl (C=O) groups is 1. The van der Waals surface area contributed by atoms with Crippen molar-refractivity contribution >= 4 is 23.7 Å². The van der Waals surface area contributed by atoms with Crippen molar-refractivity contribution in [3.63, 3.8) is 0 Å². The number of nitrogens with zero attached hydrogens (tertiary/aromatic N) is 4. The van der Waals surface area contributed by atoms with E-state index in [2.05, 4.69) is 33.6 Å². The maximum absolute atomic E-state index is 11.1. The summed E-state index contributed by atoms with van der Waals surface area (Å²) in [6.07, 6.45) is 2.13. The zero-order valence-corrected chi connectivity index (χ0v) is 11.4. The number of aldehydes is 1. The van der Waals surface area contributed by atoms with E-state index in [1.807, 2.05) is 0 Å². The highest BCUT2D eigenvalue weighted by atomic mass is 35.5. The highest BCUT2D eigenvalue weighted by Gasteiger charge is 2.25. The maximum atomic E-state index is 11.1. The molecule has 0 N–H and O–H groups in total. The molecule has 1 fully saturated rings.